The topological polar surface area (TPSA) is 34.0 Å². The fourth-order valence-electron chi connectivity index (χ4n) is 1.78. The van der Waals surface area contributed by atoms with Crippen molar-refractivity contribution in [1.29, 1.82) is 0 Å². The molecule has 106 valence electrons. The van der Waals surface area contributed by atoms with E-state index in [2.05, 4.69) is 36.0 Å². The van der Waals surface area contributed by atoms with Gasteiger partial charge in [0, 0.05) is 6.04 Å². The van der Waals surface area contributed by atoms with Crippen LogP contribution >= 0.6 is 11.8 Å². The van der Waals surface area contributed by atoms with Gasteiger partial charge < -0.3 is 4.74 Å². The van der Waals surface area contributed by atoms with E-state index in [9.17, 15) is 0 Å². The fraction of sp³-hybridized carbons (Fsp3) is 0.375. The number of thioether (sulfide) groups is 1. The summed E-state index contributed by atoms with van der Waals surface area (Å²) in [5.74, 6) is 0. The van der Waals surface area contributed by atoms with Crippen LogP contribution in [0.15, 0.2) is 52.1 Å². The van der Waals surface area contributed by atoms with Crippen LogP contribution in [0.4, 0.5) is 0 Å². The van der Waals surface area contributed by atoms with Crippen LogP contribution in [0.3, 0.4) is 0 Å². The molecule has 0 aromatic heterocycles. The van der Waals surface area contributed by atoms with E-state index in [1.807, 2.05) is 31.2 Å². The van der Waals surface area contributed by atoms with Crippen molar-refractivity contribution in [2.75, 3.05) is 6.61 Å². The second kappa shape index (κ2) is 7.41. The second-order valence-electron chi connectivity index (χ2n) is 4.79. The highest BCUT2D eigenvalue weighted by Gasteiger charge is 2.19. The van der Waals surface area contributed by atoms with Crippen molar-refractivity contribution >= 4 is 21.8 Å². The van der Waals surface area contributed by atoms with Crippen molar-refractivity contribution in [3.63, 3.8) is 0 Å². The molecule has 0 N–H and O–H groups in total. The fourth-order valence-corrected chi connectivity index (χ4v) is 2.82. The number of nitrogens with zero attached hydrogens (tertiary/aromatic N) is 2. The third-order valence-electron chi connectivity index (χ3n) is 2.66. The zero-order valence-electron chi connectivity index (χ0n) is 12.2. The number of benzene rings is 1. The van der Waals surface area contributed by atoms with Gasteiger partial charge in [0.25, 0.3) is 0 Å². The Morgan fingerprint density at radius 3 is 2.65 bits per heavy atom. The molecule has 1 aromatic carbocycles. The first kappa shape index (κ1) is 15.0. The van der Waals surface area contributed by atoms with Gasteiger partial charge in [0.1, 0.15) is 10.1 Å². The zero-order valence-corrected chi connectivity index (χ0v) is 13.0. The number of ether oxygens (including phenoxy) is 1. The Morgan fingerprint density at radius 2 is 2.00 bits per heavy atom. The summed E-state index contributed by atoms with van der Waals surface area (Å²) in [5, 5.41) is 1.98. The van der Waals surface area contributed by atoms with Gasteiger partial charge in [-0.1, -0.05) is 48.2 Å². The first-order valence-corrected chi connectivity index (χ1v) is 7.62. The summed E-state index contributed by atoms with van der Waals surface area (Å²) >= 11 is 1.61. The SMILES string of the molecule is C/C=C1/N=C(COCc2ccccc2)SC1=NC(C)C. The quantitative estimate of drug-likeness (QED) is 0.818. The summed E-state index contributed by atoms with van der Waals surface area (Å²) in [6.45, 7) is 7.29. The summed E-state index contributed by atoms with van der Waals surface area (Å²) in [6.07, 6.45) is 2.00. The summed E-state index contributed by atoms with van der Waals surface area (Å²) in [4.78, 5) is 9.14. The van der Waals surface area contributed by atoms with Crippen LogP contribution in [-0.2, 0) is 11.3 Å². The van der Waals surface area contributed by atoms with Gasteiger partial charge in [-0.3, -0.25) is 4.99 Å². The van der Waals surface area contributed by atoms with E-state index < -0.39 is 0 Å². The average Bonchev–Trinajstić information content (AvgIpc) is 2.81. The van der Waals surface area contributed by atoms with Crippen LogP contribution in [0.25, 0.3) is 0 Å². The molecule has 1 aromatic rings. The Morgan fingerprint density at radius 1 is 1.25 bits per heavy atom. The largest absolute Gasteiger partial charge is 0.370 e. The summed E-state index contributed by atoms with van der Waals surface area (Å²) in [6, 6.07) is 10.5. The van der Waals surface area contributed by atoms with Gasteiger partial charge in [-0.05, 0) is 26.3 Å². The van der Waals surface area contributed by atoms with E-state index in [0.717, 1.165) is 15.8 Å². The van der Waals surface area contributed by atoms with E-state index >= 15 is 0 Å². The highest BCUT2D eigenvalue weighted by molar-refractivity contribution is 8.27. The first-order chi connectivity index (χ1) is 9.69. The maximum Gasteiger partial charge on any atom is 0.122 e. The molecule has 0 aliphatic carbocycles. The molecule has 0 amide bonds. The maximum atomic E-state index is 5.72. The van der Waals surface area contributed by atoms with E-state index in [0.29, 0.717) is 13.2 Å². The first-order valence-electron chi connectivity index (χ1n) is 6.80. The lowest BCUT2D eigenvalue weighted by molar-refractivity contribution is 0.159. The van der Waals surface area contributed by atoms with Gasteiger partial charge >= 0.3 is 0 Å². The Bertz CT molecular complexity index is 533. The highest BCUT2D eigenvalue weighted by Crippen LogP contribution is 2.25. The Kier molecular flexibility index (Phi) is 5.56. The molecule has 0 saturated heterocycles. The number of aliphatic imine (C=N–C) groups is 2. The van der Waals surface area contributed by atoms with Crippen molar-refractivity contribution in [1.82, 2.24) is 0 Å². The number of allylic oxidation sites excluding steroid dienone is 1. The lowest BCUT2D eigenvalue weighted by Crippen LogP contribution is -2.04. The van der Waals surface area contributed by atoms with Gasteiger partial charge in [0.15, 0.2) is 0 Å². The normalized spacial score (nSPS) is 19.1. The zero-order chi connectivity index (χ0) is 14.4. The van der Waals surface area contributed by atoms with Crippen molar-refractivity contribution < 1.29 is 4.74 Å². The van der Waals surface area contributed by atoms with E-state index in [4.69, 9.17) is 4.74 Å². The van der Waals surface area contributed by atoms with E-state index in [-0.39, 0.29) is 6.04 Å². The molecule has 0 unspecified atom stereocenters. The minimum atomic E-state index is 0.284. The number of rotatable bonds is 5. The number of hydrogen-bond acceptors (Lipinski definition) is 4. The van der Waals surface area contributed by atoms with Gasteiger partial charge in [0.2, 0.25) is 0 Å². The molecule has 4 heteroatoms. The second-order valence-corrected chi connectivity index (χ2v) is 5.85. The monoisotopic (exact) mass is 288 g/mol. The smallest absolute Gasteiger partial charge is 0.122 e. The van der Waals surface area contributed by atoms with Gasteiger partial charge in [-0.25, -0.2) is 4.99 Å². The van der Waals surface area contributed by atoms with Crippen LogP contribution < -0.4 is 0 Å². The standard InChI is InChI=1S/C16H20N2OS/c1-4-14-16(17-12(2)3)20-15(18-14)11-19-10-13-8-6-5-7-9-13/h4-9,12H,10-11H2,1-3H3/b14-4+,17-16?. The van der Waals surface area contributed by atoms with Gasteiger partial charge in [-0.15, -0.1) is 0 Å². The van der Waals surface area contributed by atoms with Crippen LogP contribution in [0.1, 0.15) is 26.3 Å². The molecular formula is C16H20N2OS. The van der Waals surface area contributed by atoms with Gasteiger partial charge in [-0.2, -0.15) is 0 Å². The van der Waals surface area contributed by atoms with Crippen LogP contribution in [0.2, 0.25) is 0 Å². The minimum Gasteiger partial charge on any atom is -0.370 e. The summed E-state index contributed by atoms with van der Waals surface area (Å²) in [5.41, 5.74) is 2.14. The molecular weight excluding hydrogens is 268 g/mol. The molecule has 0 spiro atoms. The molecule has 20 heavy (non-hydrogen) atoms. The molecule has 0 atom stereocenters. The average molecular weight is 288 g/mol. The summed E-state index contributed by atoms with van der Waals surface area (Å²) in [7, 11) is 0. The summed E-state index contributed by atoms with van der Waals surface area (Å²) < 4.78 is 5.72. The van der Waals surface area contributed by atoms with Crippen molar-refractivity contribution in [3.05, 3.63) is 47.7 Å². The van der Waals surface area contributed by atoms with Crippen LogP contribution in [0.5, 0.6) is 0 Å². The molecule has 1 heterocycles. The minimum absolute atomic E-state index is 0.284. The Labute approximate surface area is 124 Å². The van der Waals surface area contributed by atoms with Crippen molar-refractivity contribution in [3.8, 4) is 0 Å². The molecule has 3 nitrogen and oxygen atoms in total. The van der Waals surface area contributed by atoms with Gasteiger partial charge in [0.05, 0.1) is 18.9 Å². The number of hydrogen-bond donors (Lipinski definition) is 0. The Balaban J connectivity index is 1.88. The van der Waals surface area contributed by atoms with Crippen LogP contribution in [0, 0.1) is 0 Å². The molecule has 0 bridgehead atoms. The lowest BCUT2D eigenvalue weighted by atomic mass is 10.2. The molecule has 0 radical (unpaired) electrons. The third-order valence-corrected chi connectivity index (χ3v) is 3.62. The maximum absolute atomic E-state index is 5.72. The lowest BCUT2D eigenvalue weighted by Gasteiger charge is -2.03. The van der Waals surface area contributed by atoms with Crippen LogP contribution in [-0.4, -0.2) is 22.7 Å². The molecule has 0 saturated carbocycles. The van der Waals surface area contributed by atoms with E-state index in [1.54, 1.807) is 11.8 Å². The van der Waals surface area contributed by atoms with Crippen molar-refractivity contribution in [2.45, 2.75) is 33.4 Å². The third kappa shape index (κ3) is 4.32. The predicted molar refractivity (Wildman–Crippen MR) is 87.5 cm³/mol. The molecule has 0 fully saturated rings. The predicted octanol–water partition coefficient (Wildman–Crippen LogP) is 4.06. The van der Waals surface area contributed by atoms with Crippen molar-refractivity contribution in [2.24, 2.45) is 9.98 Å². The van der Waals surface area contributed by atoms with E-state index in [1.165, 1.54) is 5.56 Å². The highest BCUT2D eigenvalue weighted by atomic mass is 32.2. The molecule has 1 aliphatic rings. The molecule has 2 rings (SSSR count). The Hall–Kier alpha value is -1.39. The molecule has 1 aliphatic heterocycles.